The van der Waals surface area contributed by atoms with Gasteiger partial charge in [-0.3, -0.25) is 10.4 Å². The first-order valence-electron chi connectivity index (χ1n) is 4.59. The summed E-state index contributed by atoms with van der Waals surface area (Å²) in [7, 11) is 1.74. The minimum atomic E-state index is 0.488. The van der Waals surface area contributed by atoms with Gasteiger partial charge in [0.1, 0.15) is 0 Å². The van der Waals surface area contributed by atoms with Crippen molar-refractivity contribution < 1.29 is 0 Å². The Morgan fingerprint density at radius 3 is 2.80 bits per heavy atom. The summed E-state index contributed by atoms with van der Waals surface area (Å²) in [6, 6.07) is 5.81. The van der Waals surface area contributed by atoms with Gasteiger partial charge in [-0.15, -0.1) is 0 Å². The van der Waals surface area contributed by atoms with Crippen molar-refractivity contribution >= 4 is 23.0 Å². The Hall–Kier alpha value is -1.49. The smallest absolute Gasteiger partial charge is 0.186 e. The molecule has 0 spiro atoms. The van der Waals surface area contributed by atoms with Crippen LogP contribution < -0.4 is 10.7 Å². The Kier molecular flexibility index (Phi) is 4.17. The predicted molar refractivity (Wildman–Crippen MR) is 66.0 cm³/mol. The van der Waals surface area contributed by atoms with E-state index in [4.69, 9.17) is 12.2 Å². The van der Waals surface area contributed by atoms with Crippen LogP contribution in [0.5, 0.6) is 0 Å². The number of nitrogens with zero attached hydrogens (tertiary/aromatic N) is 2. The monoisotopic (exact) mass is 222 g/mol. The molecule has 80 valence electrons. The zero-order valence-corrected chi connectivity index (χ0v) is 9.85. The van der Waals surface area contributed by atoms with E-state index in [0.717, 1.165) is 17.1 Å². The molecule has 0 aromatic carbocycles. The predicted octanol–water partition coefficient (Wildman–Crippen LogP) is 1.21. The minimum Gasteiger partial charge on any atom is -0.364 e. The zero-order chi connectivity index (χ0) is 11.3. The van der Waals surface area contributed by atoms with Gasteiger partial charge in [0, 0.05) is 12.7 Å². The van der Waals surface area contributed by atoms with E-state index < -0.39 is 0 Å². The van der Waals surface area contributed by atoms with Gasteiger partial charge < -0.3 is 5.32 Å². The number of hydrogen-bond acceptors (Lipinski definition) is 3. The van der Waals surface area contributed by atoms with Crippen molar-refractivity contribution in [1.29, 1.82) is 0 Å². The molecule has 0 radical (unpaired) electrons. The number of aromatic nitrogens is 1. The molecule has 1 aromatic rings. The maximum atomic E-state index is 4.90. The highest BCUT2D eigenvalue weighted by Crippen LogP contribution is 1.99. The Morgan fingerprint density at radius 2 is 2.20 bits per heavy atom. The quantitative estimate of drug-likeness (QED) is 0.448. The van der Waals surface area contributed by atoms with Crippen LogP contribution in [0.1, 0.15) is 18.3 Å². The molecule has 2 N–H and O–H groups in total. The molecule has 1 heterocycles. The van der Waals surface area contributed by atoms with Crippen molar-refractivity contribution in [1.82, 2.24) is 15.7 Å². The van der Waals surface area contributed by atoms with Crippen LogP contribution in [-0.2, 0) is 0 Å². The summed E-state index contributed by atoms with van der Waals surface area (Å²) in [6.45, 7) is 3.83. The molecular formula is C10H14N4S. The van der Waals surface area contributed by atoms with Crippen LogP contribution in [0.15, 0.2) is 23.3 Å². The highest BCUT2D eigenvalue weighted by atomic mass is 32.1. The average Bonchev–Trinajstić information content (AvgIpc) is 2.25. The Morgan fingerprint density at radius 1 is 1.47 bits per heavy atom. The first-order valence-corrected chi connectivity index (χ1v) is 5.00. The molecule has 0 atom stereocenters. The molecule has 1 rings (SSSR count). The van der Waals surface area contributed by atoms with E-state index in [2.05, 4.69) is 20.8 Å². The molecule has 4 nitrogen and oxygen atoms in total. The van der Waals surface area contributed by atoms with Gasteiger partial charge >= 0.3 is 0 Å². The van der Waals surface area contributed by atoms with Gasteiger partial charge in [0.2, 0.25) is 0 Å². The molecular weight excluding hydrogens is 208 g/mol. The van der Waals surface area contributed by atoms with E-state index in [0.29, 0.717) is 5.11 Å². The lowest BCUT2D eigenvalue weighted by molar-refractivity contribution is 0.970. The fraction of sp³-hybridized carbons (Fsp3) is 0.300. The van der Waals surface area contributed by atoms with E-state index in [1.165, 1.54) is 0 Å². The third-order valence-corrected chi connectivity index (χ3v) is 2.11. The van der Waals surface area contributed by atoms with E-state index in [-0.39, 0.29) is 0 Å². The van der Waals surface area contributed by atoms with Crippen molar-refractivity contribution in [2.75, 3.05) is 7.05 Å². The van der Waals surface area contributed by atoms with Crippen molar-refractivity contribution in [2.45, 2.75) is 13.8 Å². The van der Waals surface area contributed by atoms with Crippen LogP contribution in [0, 0.1) is 6.92 Å². The second kappa shape index (κ2) is 5.41. The molecule has 0 fully saturated rings. The van der Waals surface area contributed by atoms with Crippen LogP contribution in [0.25, 0.3) is 0 Å². The fourth-order valence-corrected chi connectivity index (χ4v) is 1.04. The summed E-state index contributed by atoms with van der Waals surface area (Å²) < 4.78 is 0. The topological polar surface area (TPSA) is 49.3 Å². The Labute approximate surface area is 94.8 Å². The van der Waals surface area contributed by atoms with Gasteiger partial charge in [-0.25, -0.2) is 0 Å². The molecule has 0 aliphatic heterocycles. The number of aryl methyl sites for hydroxylation is 1. The first-order chi connectivity index (χ1) is 7.13. The summed E-state index contributed by atoms with van der Waals surface area (Å²) in [4.78, 5) is 4.34. The molecule has 0 unspecified atom stereocenters. The minimum absolute atomic E-state index is 0.488. The van der Waals surface area contributed by atoms with Crippen LogP contribution in [0.4, 0.5) is 0 Å². The zero-order valence-electron chi connectivity index (χ0n) is 9.03. The molecule has 0 amide bonds. The molecule has 1 aromatic heterocycles. The fourth-order valence-electron chi connectivity index (χ4n) is 0.992. The lowest BCUT2D eigenvalue weighted by Gasteiger charge is -2.03. The normalized spacial score (nSPS) is 11.0. The number of nitrogens with one attached hydrogen (secondary N) is 2. The van der Waals surface area contributed by atoms with Crippen LogP contribution in [-0.4, -0.2) is 22.9 Å². The molecule has 5 heteroatoms. The SMILES string of the molecule is CNC(=S)NN=C(C)c1cccc(C)n1. The molecule has 0 saturated heterocycles. The second-order valence-corrected chi connectivity index (χ2v) is 3.46. The maximum absolute atomic E-state index is 4.90. The third-order valence-electron chi connectivity index (χ3n) is 1.81. The van der Waals surface area contributed by atoms with Gasteiger partial charge in [0.15, 0.2) is 5.11 Å². The summed E-state index contributed by atoms with van der Waals surface area (Å²) in [5.41, 5.74) is 5.34. The number of rotatable bonds is 2. The standard InChI is InChI=1S/C10H14N4S/c1-7-5-4-6-9(12-7)8(2)13-14-10(15)11-3/h4-6H,1-3H3,(H2,11,14,15). The summed E-state index contributed by atoms with van der Waals surface area (Å²) in [5.74, 6) is 0. The van der Waals surface area contributed by atoms with Crippen LogP contribution >= 0.6 is 12.2 Å². The van der Waals surface area contributed by atoms with E-state index in [9.17, 15) is 0 Å². The lowest BCUT2D eigenvalue weighted by atomic mass is 10.2. The van der Waals surface area contributed by atoms with Crippen LogP contribution in [0.2, 0.25) is 0 Å². The molecule has 0 aliphatic carbocycles. The van der Waals surface area contributed by atoms with Gasteiger partial charge in [-0.05, 0) is 38.2 Å². The van der Waals surface area contributed by atoms with Gasteiger partial charge in [0.25, 0.3) is 0 Å². The van der Waals surface area contributed by atoms with Crippen molar-refractivity contribution in [3.8, 4) is 0 Å². The second-order valence-electron chi connectivity index (χ2n) is 3.05. The first kappa shape index (κ1) is 11.6. The van der Waals surface area contributed by atoms with E-state index in [1.807, 2.05) is 32.0 Å². The summed E-state index contributed by atoms with van der Waals surface area (Å²) in [6.07, 6.45) is 0. The Bertz CT molecular complexity index is 387. The molecule has 15 heavy (non-hydrogen) atoms. The van der Waals surface area contributed by atoms with Crippen molar-refractivity contribution in [3.63, 3.8) is 0 Å². The molecule has 0 saturated carbocycles. The molecule has 0 bridgehead atoms. The van der Waals surface area contributed by atoms with Gasteiger partial charge in [-0.1, -0.05) is 6.07 Å². The van der Waals surface area contributed by atoms with Crippen LogP contribution in [0.3, 0.4) is 0 Å². The number of pyridine rings is 1. The largest absolute Gasteiger partial charge is 0.364 e. The maximum Gasteiger partial charge on any atom is 0.186 e. The number of thiocarbonyl (C=S) groups is 1. The third kappa shape index (κ3) is 3.63. The summed E-state index contributed by atoms with van der Waals surface area (Å²) >= 11 is 4.90. The molecule has 0 aliphatic rings. The number of hydrazone groups is 1. The van der Waals surface area contributed by atoms with E-state index >= 15 is 0 Å². The Balaban J connectivity index is 2.75. The highest BCUT2D eigenvalue weighted by molar-refractivity contribution is 7.80. The highest BCUT2D eigenvalue weighted by Gasteiger charge is 1.98. The van der Waals surface area contributed by atoms with Crippen molar-refractivity contribution in [2.24, 2.45) is 5.10 Å². The van der Waals surface area contributed by atoms with Gasteiger partial charge in [0.05, 0.1) is 11.4 Å². The summed E-state index contributed by atoms with van der Waals surface area (Å²) in [5, 5.41) is 7.37. The number of hydrogen-bond donors (Lipinski definition) is 2. The van der Waals surface area contributed by atoms with Gasteiger partial charge in [-0.2, -0.15) is 5.10 Å². The lowest BCUT2D eigenvalue weighted by Crippen LogP contribution is -2.29. The average molecular weight is 222 g/mol. The van der Waals surface area contributed by atoms with Crippen molar-refractivity contribution in [3.05, 3.63) is 29.6 Å². The van der Waals surface area contributed by atoms with E-state index in [1.54, 1.807) is 7.05 Å².